The third-order valence-electron chi connectivity index (χ3n) is 2.74. The Morgan fingerprint density at radius 2 is 2.18 bits per heavy atom. The first-order valence-corrected chi connectivity index (χ1v) is 5.40. The summed E-state index contributed by atoms with van der Waals surface area (Å²) in [5.41, 5.74) is 5.65. The Labute approximate surface area is 97.9 Å². The van der Waals surface area contributed by atoms with Crippen molar-refractivity contribution in [3.63, 3.8) is 0 Å². The number of fused-ring (bicyclic) bond motifs is 1. The van der Waals surface area contributed by atoms with Gasteiger partial charge in [0.15, 0.2) is 0 Å². The van der Waals surface area contributed by atoms with Gasteiger partial charge in [-0.25, -0.2) is 4.98 Å². The van der Waals surface area contributed by atoms with Crippen LogP contribution in [0.25, 0.3) is 10.9 Å². The van der Waals surface area contributed by atoms with E-state index in [9.17, 15) is 9.59 Å². The minimum absolute atomic E-state index is 0.235. The maximum Gasteiger partial charge on any atom is 0.261 e. The van der Waals surface area contributed by atoms with Gasteiger partial charge in [0.05, 0.1) is 17.2 Å². The van der Waals surface area contributed by atoms with Crippen LogP contribution in [0.2, 0.25) is 0 Å². The van der Waals surface area contributed by atoms with E-state index in [1.165, 1.54) is 10.9 Å². The number of carbonyl (C=O) groups excluding carboxylic acids is 1. The quantitative estimate of drug-likeness (QED) is 0.849. The summed E-state index contributed by atoms with van der Waals surface area (Å²) in [7, 11) is 0. The summed E-state index contributed by atoms with van der Waals surface area (Å²) < 4.78 is 1.30. The number of benzene rings is 1. The van der Waals surface area contributed by atoms with E-state index in [2.05, 4.69) is 4.98 Å². The van der Waals surface area contributed by atoms with Crippen LogP contribution < -0.4 is 11.3 Å². The molecule has 0 aliphatic rings. The zero-order valence-corrected chi connectivity index (χ0v) is 9.46. The molecule has 5 heteroatoms. The fraction of sp³-hybridized carbons (Fsp3) is 0.250. The summed E-state index contributed by atoms with van der Waals surface area (Å²) in [6, 6.07) is 6.38. The summed E-state index contributed by atoms with van der Waals surface area (Å²) in [5, 5.41) is 0.495. The highest BCUT2D eigenvalue weighted by molar-refractivity contribution is 5.80. The predicted molar refractivity (Wildman–Crippen MR) is 64.5 cm³/mol. The van der Waals surface area contributed by atoms with E-state index in [1.54, 1.807) is 25.1 Å². The highest BCUT2D eigenvalue weighted by Crippen LogP contribution is 2.10. The number of rotatable bonds is 3. The van der Waals surface area contributed by atoms with Crippen LogP contribution in [0.1, 0.15) is 19.4 Å². The summed E-state index contributed by atoms with van der Waals surface area (Å²) in [5.74, 6) is -0.522. The lowest BCUT2D eigenvalue weighted by Gasteiger charge is -2.14. The Morgan fingerprint density at radius 1 is 1.47 bits per heavy atom. The number of aromatic nitrogens is 2. The zero-order chi connectivity index (χ0) is 12.4. The van der Waals surface area contributed by atoms with E-state index in [1.807, 2.05) is 6.07 Å². The summed E-state index contributed by atoms with van der Waals surface area (Å²) in [4.78, 5) is 27.6. The molecule has 0 radical (unpaired) electrons. The van der Waals surface area contributed by atoms with Gasteiger partial charge in [-0.15, -0.1) is 0 Å². The lowest BCUT2D eigenvalue weighted by atomic mass is 10.2. The van der Waals surface area contributed by atoms with Gasteiger partial charge in [0.25, 0.3) is 5.56 Å². The molecule has 0 saturated heterocycles. The average molecular weight is 231 g/mol. The maximum absolute atomic E-state index is 12.1. The topological polar surface area (TPSA) is 78.0 Å². The van der Waals surface area contributed by atoms with Crippen molar-refractivity contribution in [1.82, 2.24) is 9.55 Å². The van der Waals surface area contributed by atoms with Gasteiger partial charge in [-0.1, -0.05) is 19.1 Å². The second-order valence-electron chi connectivity index (χ2n) is 3.80. The summed E-state index contributed by atoms with van der Waals surface area (Å²) >= 11 is 0. The van der Waals surface area contributed by atoms with E-state index in [4.69, 9.17) is 5.73 Å². The minimum Gasteiger partial charge on any atom is -0.368 e. The van der Waals surface area contributed by atoms with Crippen molar-refractivity contribution in [3.05, 3.63) is 40.9 Å². The Kier molecular flexibility index (Phi) is 2.91. The van der Waals surface area contributed by atoms with Crippen molar-refractivity contribution in [2.45, 2.75) is 19.4 Å². The highest BCUT2D eigenvalue weighted by atomic mass is 16.2. The molecule has 2 rings (SSSR count). The monoisotopic (exact) mass is 231 g/mol. The molecule has 1 aromatic heterocycles. The van der Waals surface area contributed by atoms with Crippen LogP contribution in [0.4, 0.5) is 0 Å². The van der Waals surface area contributed by atoms with Gasteiger partial charge in [-0.2, -0.15) is 0 Å². The Hall–Kier alpha value is -2.17. The van der Waals surface area contributed by atoms with Gasteiger partial charge < -0.3 is 5.73 Å². The molecule has 5 nitrogen and oxygen atoms in total. The van der Waals surface area contributed by atoms with Gasteiger partial charge >= 0.3 is 0 Å². The van der Waals surface area contributed by atoms with Crippen molar-refractivity contribution >= 4 is 16.8 Å². The molecule has 0 bridgehead atoms. The molecule has 1 aromatic carbocycles. The molecule has 1 amide bonds. The van der Waals surface area contributed by atoms with E-state index < -0.39 is 11.9 Å². The van der Waals surface area contributed by atoms with Gasteiger partial charge in [-0.3, -0.25) is 14.2 Å². The predicted octanol–water partition coefficient (Wildman–Crippen LogP) is 0.833. The van der Waals surface area contributed by atoms with Crippen LogP contribution in [0.5, 0.6) is 0 Å². The molecule has 0 aliphatic carbocycles. The first-order chi connectivity index (χ1) is 8.15. The lowest BCUT2D eigenvalue weighted by molar-refractivity contribution is -0.121. The molecule has 0 saturated carbocycles. The SMILES string of the molecule is CC[C@@H](C(N)=O)n1cnc2ccccc2c1=O. The van der Waals surface area contributed by atoms with E-state index in [0.717, 1.165) is 0 Å². The number of hydrogen-bond acceptors (Lipinski definition) is 3. The largest absolute Gasteiger partial charge is 0.368 e. The first kappa shape index (κ1) is 11.3. The molecule has 0 aliphatic heterocycles. The van der Waals surface area contributed by atoms with Gasteiger partial charge in [0.1, 0.15) is 6.04 Å². The molecular weight excluding hydrogens is 218 g/mol. The van der Waals surface area contributed by atoms with Crippen LogP contribution in [0.3, 0.4) is 0 Å². The van der Waals surface area contributed by atoms with Crippen molar-refractivity contribution in [3.8, 4) is 0 Å². The average Bonchev–Trinajstić information content (AvgIpc) is 2.33. The Morgan fingerprint density at radius 3 is 2.82 bits per heavy atom. The third-order valence-corrected chi connectivity index (χ3v) is 2.74. The van der Waals surface area contributed by atoms with Gasteiger partial charge in [0, 0.05) is 0 Å². The molecular formula is C12H13N3O2. The highest BCUT2D eigenvalue weighted by Gasteiger charge is 2.17. The second kappa shape index (κ2) is 4.37. The van der Waals surface area contributed by atoms with Crippen LogP contribution in [0, 0.1) is 0 Å². The Bertz CT molecular complexity index is 618. The van der Waals surface area contributed by atoms with Crippen molar-refractivity contribution in [2.75, 3.05) is 0 Å². The smallest absolute Gasteiger partial charge is 0.261 e. The molecule has 1 atom stereocenters. The third kappa shape index (κ3) is 1.91. The lowest BCUT2D eigenvalue weighted by Crippen LogP contribution is -2.33. The molecule has 1 heterocycles. The Balaban J connectivity index is 2.68. The number of primary amides is 1. The fourth-order valence-corrected chi connectivity index (χ4v) is 1.84. The second-order valence-corrected chi connectivity index (χ2v) is 3.80. The molecule has 0 unspecified atom stereocenters. The van der Waals surface area contributed by atoms with E-state index in [0.29, 0.717) is 17.3 Å². The van der Waals surface area contributed by atoms with Gasteiger partial charge in [0.2, 0.25) is 5.91 Å². The normalized spacial score (nSPS) is 12.5. The van der Waals surface area contributed by atoms with E-state index in [-0.39, 0.29) is 5.56 Å². The van der Waals surface area contributed by atoms with E-state index >= 15 is 0 Å². The first-order valence-electron chi connectivity index (χ1n) is 5.40. The molecule has 88 valence electrons. The molecule has 2 aromatic rings. The number of nitrogens with zero attached hydrogens (tertiary/aromatic N) is 2. The number of hydrogen-bond donors (Lipinski definition) is 1. The molecule has 17 heavy (non-hydrogen) atoms. The molecule has 2 N–H and O–H groups in total. The van der Waals surface area contributed by atoms with Crippen molar-refractivity contribution in [2.24, 2.45) is 5.73 Å². The van der Waals surface area contributed by atoms with Crippen molar-refractivity contribution in [1.29, 1.82) is 0 Å². The number of para-hydroxylation sites is 1. The summed E-state index contributed by atoms with van der Waals surface area (Å²) in [6.07, 6.45) is 1.85. The van der Waals surface area contributed by atoms with Crippen LogP contribution in [-0.2, 0) is 4.79 Å². The van der Waals surface area contributed by atoms with Crippen molar-refractivity contribution < 1.29 is 4.79 Å². The maximum atomic E-state index is 12.1. The van der Waals surface area contributed by atoms with Gasteiger partial charge in [-0.05, 0) is 18.6 Å². The summed E-state index contributed by atoms with van der Waals surface area (Å²) in [6.45, 7) is 1.80. The standard InChI is InChI=1S/C12H13N3O2/c1-2-10(11(13)16)15-7-14-9-6-4-3-5-8(9)12(15)17/h3-7,10H,2H2,1H3,(H2,13,16)/t10-/m0/s1. The van der Waals surface area contributed by atoms with Crippen LogP contribution >= 0.6 is 0 Å². The van der Waals surface area contributed by atoms with Crippen LogP contribution in [0.15, 0.2) is 35.4 Å². The van der Waals surface area contributed by atoms with Crippen LogP contribution in [-0.4, -0.2) is 15.5 Å². The number of nitrogens with two attached hydrogens (primary N) is 1. The minimum atomic E-state index is -0.639. The fourth-order valence-electron chi connectivity index (χ4n) is 1.84. The number of carbonyl (C=O) groups is 1. The zero-order valence-electron chi connectivity index (χ0n) is 9.46. The molecule has 0 fully saturated rings. The number of amides is 1. The molecule has 0 spiro atoms.